The summed E-state index contributed by atoms with van der Waals surface area (Å²) in [4.78, 5) is 0. The van der Waals surface area contributed by atoms with Gasteiger partial charge in [-0.25, -0.2) is 0 Å². The summed E-state index contributed by atoms with van der Waals surface area (Å²) >= 11 is 0. The van der Waals surface area contributed by atoms with Gasteiger partial charge in [-0.15, -0.1) is 0 Å². The number of fused-ring (bicyclic) bond motifs is 7. The zero-order valence-corrected chi connectivity index (χ0v) is 24.2. The van der Waals surface area contributed by atoms with E-state index in [1.165, 1.54) is 87.2 Å². The fourth-order valence-electron chi connectivity index (χ4n) is 7.07. The topological polar surface area (TPSA) is 0 Å². The maximum Gasteiger partial charge on any atom is -0.00990 e. The monoisotopic (exact) mass is 556 g/mol. The van der Waals surface area contributed by atoms with E-state index in [1.54, 1.807) is 0 Å². The normalized spacial score (nSPS) is 11.6. The smallest absolute Gasteiger partial charge is 0.00990 e. The van der Waals surface area contributed by atoms with Crippen molar-refractivity contribution in [1.82, 2.24) is 0 Å². The standard InChI is InChI=1S/C44H28/c1-4-14-37-29(9-1)12-7-17-40(37)35-26-34(27-36(28-35)41-18-8-13-30-10-2-5-15-38(30)41)32-20-22-42-33(25-32)21-24-43-39-16-6-3-11-31(39)19-23-44(42)43/h1-28H. The van der Waals surface area contributed by atoms with E-state index in [-0.39, 0.29) is 0 Å². The molecule has 0 aliphatic heterocycles. The van der Waals surface area contributed by atoms with E-state index in [0.29, 0.717) is 0 Å². The SMILES string of the molecule is c1ccc2c(-c3cc(-c4ccc5c(ccc6c7ccccc7ccc56)c4)cc(-c4cccc5ccccc45)c3)cccc2c1. The number of hydrogen-bond acceptors (Lipinski definition) is 0. The van der Waals surface area contributed by atoms with E-state index in [2.05, 4.69) is 170 Å². The summed E-state index contributed by atoms with van der Waals surface area (Å²) in [6.45, 7) is 0. The molecule has 0 N–H and O–H groups in total. The van der Waals surface area contributed by atoms with Gasteiger partial charge in [0.25, 0.3) is 0 Å². The van der Waals surface area contributed by atoms with Crippen molar-refractivity contribution in [1.29, 1.82) is 0 Å². The summed E-state index contributed by atoms with van der Waals surface area (Å²) in [5.41, 5.74) is 7.41. The van der Waals surface area contributed by atoms with Crippen LogP contribution in [-0.4, -0.2) is 0 Å². The lowest BCUT2D eigenvalue weighted by molar-refractivity contribution is 1.60. The molecule has 204 valence electrons. The third-order valence-corrected chi connectivity index (χ3v) is 9.21. The van der Waals surface area contributed by atoms with Gasteiger partial charge in [0.05, 0.1) is 0 Å². The Kier molecular flexibility index (Phi) is 5.61. The van der Waals surface area contributed by atoms with Crippen molar-refractivity contribution in [2.75, 3.05) is 0 Å². The molecule has 0 radical (unpaired) electrons. The lowest BCUT2D eigenvalue weighted by atomic mass is 9.89. The molecule has 0 aromatic heterocycles. The molecule has 0 heteroatoms. The Hall–Kier alpha value is -5.72. The molecule has 0 saturated heterocycles. The Labute approximate surface area is 256 Å². The molecule has 0 bridgehead atoms. The third kappa shape index (κ3) is 4.00. The second kappa shape index (κ2) is 9.93. The zero-order valence-electron chi connectivity index (χ0n) is 24.2. The molecule has 9 aromatic carbocycles. The first kappa shape index (κ1) is 24.8. The minimum atomic E-state index is 1.22. The first-order valence-corrected chi connectivity index (χ1v) is 15.3. The molecule has 9 rings (SSSR count). The Bertz CT molecular complexity index is 2440. The average Bonchev–Trinajstić information content (AvgIpc) is 3.10. The Morgan fingerprint density at radius 3 is 1.25 bits per heavy atom. The Balaban J connectivity index is 1.28. The van der Waals surface area contributed by atoms with Crippen molar-refractivity contribution < 1.29 is 0 Å². The first-order valence-electron chi connectivity index (χ1n) is 15.3. The predicted molar refractivity (Wildman–Crippen MR) is 190 cm³/mol. The van der Waals surface area contributed by atoms with Gasteiger partial charge < -0.3 is 0 Å². The van der Waals surface area contributed by atoms with E-state index >= 15 is 0 Å². The zero-order chi connectivity index (χ0) is 29.0. The first-order chi connectivity index (χ1) is 21.8. The van der Waals surface area contributed by atoms with Crippen molar-refractivity contribution >= 4 is 53.9 Å². The van der Waals surface area contributed by atoms with Crippen LogP contribution in [0.15, 0.2) is 170 Å². The molecule has 0 saturated carbocycles. The van der Waals surface area contributed by atoms with Crippen LogP contribution in [0.1, 0.15) is 0 Å². The van der Waals surface area contributed by atoms with E-state index in [0.717, 1.165) is 0 Å². The van der Waals surface area contributed by atoms with Gasteiger partial charge in [0, 0.05) is 0 Å². The quantitative estimate of drug-likeness (QED) is 0.190. The molecular formula is C44H28. The second-order valence-electron chi connectivity index (χ2n) is 11.7. The van der Waals surface area contributed by atoms with Crippen molar-refractivity contribution in [3.63, 3.8) is 0 Å². The summed E-state index contributed by atoms with van der Waals surface area (Å²) in [6, 6.07) is 62.5. The van der Waals surface area contributed by atoms with E-state index in [9.17, 15) is 0 Å². The highest BCUT2D eigenvalue weighted by molar-refractivity contribution is 6.17. The summed E-state index contributed by atoms with van der Waals surface area (Å²) < 4.78 is 0. The van der Waals surface area contributed by atoms with E-state index in [1.807, 2.05) is 0 Å². The maximum atomic E-state index is 2.37. The van der Waals surface area contributed by atoms with Crippen LogP contribution in [0.2, 0.25) is 0 Å². The summed E-state index contributed by atoms with van der Waals surface area (Å²) in [5.74, 6) is 0. The molecular weight excluding hydrogens is 528 g/mol. The lowest BCUT2D eigenvalue weighted by Crippen LogP contribution is -1.89. The lowest BCUT2D eigenvalue weighted by Gasteiger charge is -2.15. The van der Waals surface area contributed by atoms with Gasteiger partial charge in [0.1, 0.15) is 0 Å². The molecule has 44 heavy (non-hydrogen) atoms. The molecule has 0 aliphatic carbocycles. The highest BCUT2D eigenvalue weighted by Gasteiger charge is 2.13. The molecule has 0 fully saturated rings. The van der Waals surface area contributed by atoms with Gasteiger partial charge in [-0.2, -0.15) is 0 Å². The largest absolute Gasteiger partial charge is 0.0616 e. The van der Waals surface area contributed by atoms with Crippen LogP contribution in [0.3, 0.4) is 0 Å². The molecule has 0 nitrogen and oxygen atoms in total. The highest BCUT2D eigenvalue weighted by atomic mass is 14.2. The summed E-state index contributed by atoms with van der Waals surface area (Å²) in [6.07, 6.45) is 0. The average molecular weight is 557 g/mol. The van der Waals surface area contributed by atoms with Crippen LogP contribution >= 0.6 is 0 Å². The summed E-state index contributed by atoms with van der Waals surface area (Å²) in [7, 11) is 0. The van der Waals surface area contributed by atoms with Gasteiger partial charge >= 0.3 is 0 Å². The number of rotatable bonds is 3. The predicted octanol–water partition coefficient (Wildman–Crippen LogP) is 12.5. The Morgan fingerprint density at radius 2 is 0.636 bits per heavy atom. The van der Waals surface area contributed by atoms with Crippen molar-refractivity contribution in [3.05, 3.63) is 170 Å². The minimum absolute atomic E-state index is 1.22. The van der Waals surface area contributed by atoms with Crippen molar-refractivity contribution in [2.45, 2.75) is 0 Å². The Morgan fingerprint density at radius 1 is 0.205 bits per heavy atom. The van der Waals surface area contributed by atoms with Crippen molar-refractivity contribution in [3.8, 4) is 33.4 Å². The van der Waals surface area contributed by atoms with Crippen LogP contribution in [0.4, 0.5) is 0 Å². The summed E-state index contributed by atoms with van der Waals surface area (Å²) in [5, 5.41) is 12.8. The maximum absolute atomic E-state index is 2.37. The van der Waals surface area contributed by atoms with Gasteiger partial charge in [0.15, 0.2) is 0 Å². The van der Waals surface area contributed by atoms with Gasteiger partial charge in [-0.3, -0.25) is 0 Å². The van der Waals surface area contributed by atoms with Gasteiger partial charge in [-0.05, 0) is 112 Å². The van der Waals surface area contributed by atoms with E-state index < -0.39 is 0 Å². The molecule has 9 aromatic rings. The van der Waals surface area contributed by atoms with Crippen LogP contribution < -0.4 is 0 Å². The number of benzene rings is 9. The van der Waals surface area contributed by atoms with Gasteiger partial charge in [0.2, 0.25) is 0 Å². The van der Waals surface area contributed by atoms with E-state index in [4.69, 9.17) is 0 Å². The van der Waals surface area contributed by atoms with Crippen molar-refractivity contribution in [2.24, 2.45) is 0 Å². The fraction of sp³-hybridized carbons (Fsp3) is 0. The highest BCUT2D eigenvalue weighted by Crippen LogP contribution is 2.39. The van der Waals surface area contributed by atoms with Crippen LogP contribution in [0.5, 0.6) is 0 Å². The molecule has 0 unspecified atom stereocenters. The van der Waals surface area contributed by atoms with Crippen LogP contribution in [0, 0.1) is 0 Å². The molecule has 0 atom stereocenters. The van der Waals surface area contributed by atoms with Crippen LogP contribution in [0.25, 0.3) is 87.2 Å². The molecule has 0 amide bonds. The fourth-order valence-corrected chi connectivity index (χ4v) is 7.07. The number of hydrogen-bond donors (Lipinski definition) is 0. The molecule has 0 heterocycles. The van der Waals surface area contributed by atoms with Crippen LogP contribution in [-0.2, 0) is 0 Å². The molecule has 0 spiro atoms. The molecule has 0 aliphatic rings. The minimum Gasteiger partial charge on any atom is -0.0616 e. The second-order valence-corrected chi connectivity index (χ2v) is 11.7. The third-order valence-electron chi connectivity index (χ3n) is 9.21. The van der Waals surface area contributed by atoms with Gasteiger partial charge in [-0.1, -0.05) is 146 Å².